The minimum absolute atomic E-state index is 0.0150. The van der Waals surface area contributed by atoms with Crippen LogP contribution in [-0.2, 0) is 4.79 Å². The monoisotopic (exact) mass is 321 g/mol. The van der Waals surface area contributed by atoms with Gasteiger partial charge in [0.05, 0.1) is 7.11 Å². The van der Waals surface area contributed by atoms with Gasteiger partial charge in [-0.05, 0) is 51.5 Å². The molecular formula is C18H27NO4. The van der Waals surface area contributed by atoms with E-state index in [1.54, 1.807) is 25.3 Å². The van der Waals surface area contributed by atoms with Crippen molar-refractivity contribution in [1.29, 1.82) is 0 Å². The number of rotatable bonds is 8. The van der Waals surface area contributed by atoms with Gasteiger partial charge in [-0.25, -0.2) is 0 Å². The first kappa shape index (κ1) is 19.2. The molecule has 0 heterocycles. The Kier molecular flexibility index (Phi) is 7.26. The van der Waals surface area contributed by atoms with E-state index in [9.17, 15) is 9.90 Å². The second-order valence-electron chi connectivity index (χ2n) is 6.45. The molecule has 0 amide bonds. The maximum absolute atomic E-state index is 11.0. The van der Waals surface area contributed by atoms with Crippen molar-refractivity contribution < 1.29 is 19.4 Å². The highest BCUT2D eigenvalue weighted by Gasteiger charge is 2.13. The molecule has 0 spiro atoms. The van der Waals surface area contributed by atoms with Gasteiger partial charge in [0.1, 0.15) is 12.7 Å². The van der Waals surface area contributed by atoms with Crippen LogP contribution in [0, 0.1) is 0 Å². The Hall–Kier alpha value is -1.85. The lowest BCUT2D eigenvalue weighted by Crippen LogP contribution is -2.42. The SMILES string of the molecule is COc1cc(/C=C/C(C)=O)ccc1OC[C@H](O)CNC(C)(C)C. The standard InChI is InChI=1S/C18H27NO4/c1-13(20)6-7-14-8-9-16(17(10-14)22-5)23-12-15(21)11-19-18(2,3)4/h6-10,15,19,21H,11-12H2,1-5H3/b7-6+/t15-/m1/s1. The summed E-state index contributed by atoms with van der Waals surface area (Å²) >= 11 is 0. The molecule has 2 N–H and O–H groups in total. The number of nitrogens with one attached hydrogen (secondary N) is 1. The summed E-state index contributed by atoms with van der Waals surface area (Å²) in [4.78, 5) is 11.0. The van der Waals surface area contributed by atoms with Gasteiger partial charge in [0.25, 0.3) is 0 Å². The van der Waals surface area contributed by atoms with Crippen LogP contribution in [0.15, 0.2) is 24.3 Å². The molecule has 0 fully saturated rings. The smallest absolute Gasteiger partial charge is 0.161 e. The number of ketones is 1. The predicted octanol–water partition coefficient (Wildman–Crippen LogP) is 2.43. The molecule has 0 aliphatic heterocycles. The highest BCUT2D eigenvalue weighted by Crippen LogP contribution is 2.28. The van der Waals surface area contributed by atoms with E-state index in [2.05, 4.69) is 5.32 Å². The molecule has 128 valence electrons. The maximum atomic E-state index is 11.0. The number of ether oxygens (including phenoxy) is 2. The summed E-state index contributed by atoms with van der Waals surface area (Å²) in [5.74, 6) is 1.10. The van der Waals surface area contributed by atoms with Crippen LogP contribution >= 0.6 is 0 Å². The molecule has 0 aliphatic rings. The van der Waals surface area contributed by atoms with E-state index < -0.39 is 6.10 Å². The van der Waals surface area contributed by atoms with Gasteiger partial charge in [0.15, 0.2) is 17.3 Å². The van der Waals surface area contributed by atoms with Crippen molar-refractivity contribution in [3.8, 4) is 11.5 Å². The number of aliphatic hydroxyl groups excluding tert-OH is 1. The molecule has 0 aromatic heterocycles. The van der Waals surface area contributed by atoms with Crippen molar-refractivity contribution >= 4 is 11.9 Å². The molecule has 5 heteroatoms. The number of carbonyl (C=O) groups excluding carboxylic acids is 1. The Bertz CT molecular complexity index is 546. The number of β-amino-alcohol motifs (C(OH)–C–C–N with tert-alkyl or cyclic N) is 1. The molecule has 5 nitrogen and oxygen atoms in total. The number of carbonyl (C=O) groups is 1. The summed E-state index contributed by atoms with van der Waals surface area (Å²) in [6.07, 6.45) is 2.60. The van der Waals surface area contributed by atoms with Crippen LogP contribution in [0.1, 0.15) is 33.3 Å². The van der Waals surface area contributed by atoms with Crippen molar-refractivity contribution in [2.75, 3.05) is 20.3 Å². The molecule has 1 aromatic carbocycles. The number of allylic oxidation sites excluding steroid dienone is 1. The zero-order chi connectivity index (χ0) is 17.5. The topological polar surface area (TPSA) is 67.8 Å². The van der Waals surface area contributed by atoms with Gasteiger partial charge in [-0.2, -0.15) is 0 Å². The maximum Gasteiger partial charge on any atom is 0.161 e. The van der Waals surface area contributed by atoms with E-state index in [1.165, 1.54) is 13.0 Å². The minimum Gasteiger partial charge on any atom is -0.493 e. The fraction of sp³-hybridized carbons (Fsp3) is 0.500. The van der Waals surface area contributed by atoms with Crippen LogP contribution in [0.3, 0.4) is 0 Å². The number of aliphatic hydroxyl groups is 1. The van der Waals surface area contributed by atoms with Gasteiger partial charge in [-0.3, -0.25) is 4.79 Å². The zero-order valence-corrected chi connectivity index (χ0v) is 14.6. The third-order valence-corrected chi connectivity index (χ3v) is 3.00. The van der Waals surface area contributed by atoms with Crippen LogP contribution < -0.4 is 14.8 Å². The molecule has 0 aliphatic carbocycles. The molecule has 1 rings (SSSR count). The highest BCUT2D eigenvalue weighted by molar-refractivity contribution is 5.91. The zero-order valence-electron chi connectivity index (χ0n) is 14.6. The van der Waals surface area contributed by atoms with Crippen LogP contribution in [0.25, 0.3) is 6.08 Å². The van der Waals surface area contributed by atoms with Gasteiger partial charge in [-0.15, -0.1) is 0 Å². The number of benzene rings is 1. The fourth-order valence-corrected chi connectivity index (χ4v) is 1.79. The summed E-state index contributed by atoms with van der Waals surface area (Å²) in [5, 5.41) is 13.2. The van der Waals surface area contributed by atoms with Crippen LogP contribution in [0.5, 0.6) is 11.5 Å². The van der Waals surface area contributed by atoms with Crippen molar-refractivity contribution in [1.82, 2.24) is 5.32 Å². The quantitative estimate of drug-likeness (QED) is 0.720. The largest absolute Gasteiger partial charge is 0.493 e. The van der Waals surface area contributed by atoms with Crippen LogP contribution in [0.2, 0.25) is 0 Å². The summed E-state index contributed by atoms with van der Waals surface area (Å²) in [6, 6.07) is 5.38. The molecule has 0 bridgehead atoms. The Labute approximate surface area is 138 Å². The summed E-state index contributed by atoms with van der Waals surface area (Å²) in [6.45, 7) is 8.23. The summed E-state index contributed by atoms with van der Waals surface area (Å²) < 4.78 is 10.9. The number of hydrogen-bond acceptors (Lipinski definition) is 5. The van der Waals surface area contributed by atoms with Crippen molar-refractivity contribution in [3.63, 3.8) is 0 Å². The van der Waals surface area contributed by atoms with Gasteiger partial charge >= 0.3 is 0 Å². The average Bonchev–Trinajstić information content (AvgIpc) is 2.48. The summed E-state index contributed by atoms with van der Waals surface area (Å²) in [5.41, 5.74) is 0.794. The average molecular weight is 321 g/mol. The first-order valence-electron chi connectivity index (χ1n) is 7.64. The lowest BCUT2D eigenvalue weighted by atomic mass is 10.1. The molecular weight excluding hydrogens is 294 g/mol. The Morgan fingerprint density at radius 2 is 2.04 bits per heavy atom. The van der Waals surface area contributed by atoms with Crippen LogP contribution in [-0.4, -0.2) is 42.8 Å². The molecule has 0 unspecified atom stereocenters. The third-order valence-electron chi connectivity index (χ3n) is 3.00. The Morgan fingerprint density at radius 1 is 1.35 bits per heavy atom. The normalized spacial score (nSPS) is 13.1. The first-order chi connectivity index (χ1) is 10.7. The van der Waals surface area contributed by atoms with E-state index in [1.807, 2.05) is 26.8 Å². The van der Waals surface area contributed by atoms with Gasteiger partial charge in [0, 0.05) is 12.1 Å². The molecule has 0 radical (unpaired) electrons. The lowest BCUT2D eigenvalue weighted by molar-refractivity contribution is -0.112. The lowest BCUT2D eigenvalue weighted by Gasteiger charge is -2.23. The summed E-state index contributed by atoms with van der Waals surface area (Å²) in [7, 11) is 1.55. The second kappa shape index (κ2) is 8.70. The van der Waals surface area contributed by atoms with Crippen molar-refractivity contribution in [2.24, 2.45) is 0 Å². The fourth-order valence-electron chi connectivity index (χ4n) is 1.79. The van der Waals surface area contributed by atoms with E-state index in [0.29, 0.717) is 18.0 Å². The third kappa shape index (κ3) is 7.81. The van der Waals surface area contributed by atoms with E-state index in [-0.39, 0.29) is 17.9 Å². The second-order valence-corrected chi connectivity index (χ2v) is 6.45. The van der Waals surface area contributed by atoms with Gasteiger partial charge in [-0.1, -0.05) is 12.1 Å². The van der Waals surface area contributed by atoms with E-state index in [0.717, 1.165) is 5.56 Å². The van der Waals surface area contributed by atoms with Gasteiger partial charge < -0.3 is 19.9 Å². The number of hydrogen-bond donors (Lipinski definition) is 2. The molecule has 0 saturated carbocycles. The molecule has 0 saturated heterocycles. The van der Waals surface area contributed by atoms with E-state index in [4.69, 9.17) is 9.47 Å². The highest BCUT2D eigenvalue weighted by atomic mass is 16.5. The Morgan fingerprint density at radius 3 is 2.61 bits per heavy atom. The molecule has 1 aromatic rings. The molecule has 23 heavy (non-hydrogen) atoms. The van der Waals surface area contributed by atoms with Gasteiger partial charge in [0.2, 0.25) is 0 Å². The number of methoxy groups -OCH3 is 1. The minimum atomic E-state index is -0.615. The van der Waals surface area contributed by atoms with Crippen molar-refractivity contribution in [2.45, 2.75) is 39.3 Å². The predicted molar refractivity (Wildman–Crippen MR) is 92.0 cm³/mol. The molecule has 1 atom stereocenters. The Balaban J connectivity index is 2.64. The van der Waals surface area contributed by atoms with E-state index >= 15 is 0 Å². The first-order valence-corrected chi connectivity index (χ1v) is 7.64. The van der Waals surface area contributed by atoms with Crippen LogP contribution in [0.4, 0.5) is 0 Å². The van der Waals surface area contributed by atoms with Crippen molar-refractivity contribution in [3.05, 3.63) is 29.8 Å².